The number of carbonyl (C=O) groups is 2. The summed E-state index contributed by atoms with van der Waals surface area (Å²) < 4.78 is 5.89. The highest BCUT2D eigenvalue weighted by atomic mass is 16.5. The molecule has 352 valence electrons. The Morgan fingerprint density at radius 3 is 1.28 bits per heavy atom. The fraction of sp³-hybridized carbons (Fsp3) is 0.852. The zero-order valence-corrected chi connectivity index (χ0v) is 40.1. The number of hydrogen-bond acceptors (Lipinski definition) is 5. The molecule has 0 saturated heterocycles. The molecule has 0 rings (SSSR count). The van der Waals surface area contributed by atoms with Crippen LogP contribution in [0.25, 0.3) is 0 Å². The molecule has 0 aliphatic carbocycles. The Hall–Kier alpha value is -1.92. The number of unbranched alkanes of at least 4 members (excludes halogenated alkanes) is 29. The van der Waals surface area contributed by atoms with Crippen LogP contribution in [0.2, 0.25) is 0 Å². The Labute approximate surface area is 373 Å². The van der Waals surface area contributed by atoms with E-state index in [4.69, 9.17) is 4.74 Å². The van der Waals surface area contributed by atoms with E-state index < -0.39 is 18.2 Å². The molecule has 0 radical (unpaired) electrons. The van der Waals surface area contributed by atoms with Crippen molar-refractivity contribution < 1.29 is 24.5 Å². The van der Waals surface area contributed by atoms with Gasteiger partial charge in [0.05, 0.1) is 25.2 Å². The molecule has 3 N–H and O–H groups in total. The topological polar surface area (TPSA) is 95.9 Å². The van der Waals surface area contributed by atoms with Crippen LogP contribution in [0, 0.1) is 0 Å². The third-order valence-electron chi connectivity index (χ3n) is 12.0. The van der Waals surface area contributed by atoms with Gasteiger partial charge in [-0.2, -0.15) is 0 Å². The second-order valence-corrected chi connectivity index (χ2v) is 17.9. The summed E-state index contributed by atoms with van der Waals surface area (Å²) in [5, 5.41) is 23.8. The van der Waals surface area contributed by atoms with Crippen LogP contribution >= 0.6 is 0 Å². The molecule has 0 bridgehead atoms. The molecular formula is C54H101NO5. The molecule has 6 nitrogen and oxygen atoms in total. The Bertz CT molecular complexity index is 993. The normalized spacial score (nSPS) is 13.5. The van der Waals surface area contributed by atoms with Crippen LogP contribution in [-0.4, -0.2) is 46.9 Å². The molecule has 3 atom stereocenters. The summed E-state index contributed by atoms with van der Waals surface area (Å²) in [6.45, 7) is 6.47. The highest BCUT2D eigenvalue weighted by Gasteiger charge is 2.24. The lowest BCUT2D eigenvalue weighted by molar-refractivity contribution is -0.150. The molecule has 0 saturated carbocycles. The smallest absolute Gasteiger partial charge is 0.306 e. The monoisotopic (exact) mass is 844 g/mol. The van der Waals surface area contributed by atoms with Gasteiger partial charge in [0.2, 0.25) is 5.91 Å². The second-order valence-electron chi connectivity index (χ2n) is 17.9. The van der Waals surface area contributed by atoms with E-state index in [1.807, 2.05) is 6.08 Å². The molecule has 6 heteroatoms. The fourth-order valence-corrected chi connectivity index (χ4v) is 7.95. The first kappa shape index (κ1) is 58.1. The maximum Gasteiger partial charge on any atom is 0.306 e. The van der Waals surface area contributed by atoms with Crippen LogP contribution in [0.4, 0.5) is 0 Å². The first-order valence-corrected chi connectivity index (χ1v) is 26.2. The summed E-state index contributed by atoms with van der Waals surface area (Å²) in [6, 6.07) is -0.712. The summed E-state index contributed by atoms with van der Waals surface area (Å²) in [4.78, 5) is 26.1. The van der Waals surface area contributed by atoms with Crippen LogP contribution < -0.4 is 5.32 Å². The number of esters is 1. The number of aliphatic hydroxyl groups excluding tert-OH is 2. The zero-order chi connectivity index (χ0) is 43.8. The largest absolute Gasteiger partial charge is 0.462 e. The van der Waals surface area contributed by atoms with Crippen molar-refractivity contribution in [3.05, 3.63) is 36.5 Å². The standard InChI is InChI=1S/C54H101NO5/c1-4-7-10-13-16-19-22-25-26-29-30-33-36-39-42-45-50(60-54(59)47-44-41-38-35-32-28-24-21-18-15-12-9-6-3)48-53(58)55-51(49-56)52(57)46-43-40-37-34-31-27-23-20-17-14-11-8-5-2/h25-26,28,32,38,41,50-52,56-57H,4-24,27,29-31,33-37,39-40,42-49H2,1-3H3,(H,55,58)/b26-25+,32-28-,41-38+. The molecule has 0 aliphatic rings. The maximum absolute atomic E-state index is 13.2. The van der Waals surface area contributed by atoms with E-state index in [2.05, 4.69) is 56.5 Å². The summed E-state index contributed by atoms with van der Waals surface area (Å²) in [5.41, 5.74) is 0. The van der Waals surface area contributed by atoms with E-state index in [1.54, 1.807) is 0 Å². The number of rotatable bonds is 47. The van der Waals surface area contributed by atoms with Gasteiger partial charge in [0.15, 0.2) is 0 Å². The van der Waals surface area contributed by atoms with Crippen molar-refractivity contribution in [2.45, 2.75) is 289 Å². The van der Waals surface area contributed by atoms with E-state index in [0.29, 0.717) is 25.7 Å². The maximum atomic E-state index is 13.2. The van der Waals surface area contributed by atoms with Crippen LogP contribution in [0.5, 0.6) is 0 Å². The summed E-state index contributed by atoms with van der Waals surface area (Å²) in [6.07, 6.45) is 56.4. The van der Waals surface area contributed by atoms with Gasteiger partial charge in [-0.25, -0.2) is 0 Å². The third kappa shape index (κ3) is 42.8. The van der Waals surface area contributed by atoms with Crippen molar-refractivity contribution in [3.63, 3.8) is 0 Å². The summed E-state index contributed by atoms with van der Waals surface area (Å²) in [7, 11) is 0. The highest BCUT2D eigenvalue weighted by molar-refractivity contribution is 5.77. The van der Waals surface area contributed by atoms with Gasteiger partial charge < -0.3 is 20.3 Å². The molecule has 0 spiro atoms. The lowest BCUT2D eigenvalue weighted by Crippen LogP contribution is -2.46. The van der Waals surface area contributed by atoms with Gasteiger partial charge in [-0.05, 0) is 70.6 Å². The zero-order valence-electron chi connectivity index (χ0n) is 40.1. The van der Waals surface area contributed by atoms with E-state index in [0.717, 1.165) is 57.8 Å². The number of ether oxygens (including phenoxy) is 1. The van der Waals surface area contributed by atoms with Gasteiger partial charge in [0, 0.05) is 6.42 Å². The number of allylic oxidation sites excluding steroid dienone is 6. The summed E-state index contributed by atoms with van der Waals surface area (Å²) >= 11 is 0. The van der Waals surface area contributed by atoms with E-state index in [-0.39, 0.29) is 24.9 Å². The van der Waals surface area contributed by atoms with E-state index in [9.17, 15) is 19.8 Å². The summed E-state index contributed by atoms with van der Waals surface area (Å²) in [5.74, 6) is -0.554. The molecule has 60 heavy (non-hydrogen) atoms. The molecule has 3 unspecified atom stereocenters. The average Bonchev–Trinajstić information content (AvgIpc) is 3.24. The molecule has 0 fully saturated rings. The Balaban J connectivity index is 4.64. The van der Waals surface area contributed by atoms with Gasteiger partial charge in [-0.15, -0.1) is 0 Å². The van der Waals surface area contributed by atoms with Crippen molar-refractivity contribution in [1.29, 1.82) is 0 Å². The molecular weight excluding hydrogens is 743 g/mol. The number of aliphatic hydroxyl groups is 2. The number of hydrogen-bond donors (Lipinski definition) is 3. The van der Waals surface area contributed by atoms with Gasteiger partial charge in [-0.3, -0.25) is 9.59 Å². The SMILES string of the molecule is CCCCCCCC/C=C\C/C=C/CCC(=O)OC(CCCCCCC/C=C/CCCCCCCC)CC(=O)NC(CO)C(O)CCCCCCCCCCCCCCC. The van der Waals surface area contributed by atoms with Crippen LogP contribution in [0.3, 0.4) is 0 Å². The number of amides is 1. The highest BCUT2D eigenvalue weighted by Crippen LogP contribution is 2.17. The minimum atomic E-state index is -0.796. The second kappa shape index (κ2) is 48.1. The van der Waals surface area contributed by atoms with Gasteiger partial charge in [0.25, 0.3) is 0 Å². The lowest BCUT2D eigenvalue weighted by Gasteiger charge is -2.24. The van der Waals surface area contributed by atoms with Gasteiger partial charge in [0.1, 0.15) is 6.10 Å². The third-order valence-corrected chi connectivity index (χ3v) is 12.0. The van der Waals surface area contributed by atoms with Crippen molar-refractivity contribution in [2.75, 3.05) is 6.61 Å². The fourth-order valence-electron chi connectivity index (χ4n) is 7.95. The van der Waals surface area contributed by atoms with Crippen LogP contribution in [0.15, 0.2) is 36.5 Å². The average molecular weight is 844 g/mol. The Morgan fingerprint density at radius 1 is 0.483 bits per heavy atom. The van der Waals surface area contributed by atoms with Crippen molar-refractivity contribution in [1.82, 2.24) is 5.32 Å². The van der Waals surface area contributed by atoms with E-state index >= 15 is 0 Å². The van der Waals surface area contributed by atoms with Crippen LogP contribution in [-0.2, 0) is 14.3 Å². The molecule has 0 aromatic carbocycles. The predicted molar refractivity (Wildman–Crippen MR) is 259 cm³/mol. The van der Waals surface area contributed by atoms with E-state index in [1.165, 1.54) is 161 Å². The Kier molecular flexibility index (Phi) is 46.6. The predicted octanol–water partition coefficient (Wildman–Crippen LogP) is 15.7. The Morgan fingerprint density at radius 2 is 0.850 bits per heavy atom. The molecule has 0 aromatic heterocycles. The quantitative estimate of drug-likeness (QED) is 0.0322. The first-order valence-electron chi connectivity index (χ1n) is 26.2. The minimum absolute atomic E-state index is 0.0519. The van der Waals surface area contributed by atoms with Crippen molar-refractivity contribution >= 4 is 11.9 Å². The first-order chi connectivity index (χ1) is 29.5. The van der Waals surface area contributed by atoms with Gasteiger partial charge in [-0.1, -0.05) is 224 Å². The van der Waals surface area contributed by atoms with Crippen molar-refractivity contribution in [2.24, 2.45) is 0 Å². The molecule has 1 amide bonds. The van der Waals surface area contributed by atoms with Crippen molar-refractivity contribution in [3.8, 4) is 0 Å². The van der Waals surface area contributed by atoms with Gasteiger partial charge >= 0.3 is 5.97 Å². The molecule has 0 aliphatic heterocycles. The molecule has 0 aromatic rings. The minimum Gasteiger partial charge on any atom is -0.462 e. The number of carbonyl (C=O) groups excluding carboxylic acids is 2. The number of nitrogens with one attached hydrogen (secondary N) is 1. The van der Waals surface area contributed by atoms with Crippen LogP contribution in [0.1, 0.15) is 271 Å². The molecule has 0 heterocycles. The lowest BCUT2D eigenvalue weighted by atomic mass is 10.0.